The molecule has 30 heavy (non-hydrogen) atoms. The maximum absolute atomic E-state index is 11.6. The van der Waals surface area contributed by atoms with Crippen LogP contribution in [0.15, 0.2) is 36.4 Å². The van der Waals surface area contributed by atoms with Crippen molar-refractivity contribution >= 4 is 24.0 Å². The molecule has 8 heteroatoms. The molecule has 3 N–H and O–H groups in total. The van der Waals surface area contributed by atoms with E-state index in [0.29, 0.717) is 36.6 Å². The monoisotopic (exact) mass is 436 g/mol. The highest BCUT2D eigenvalue weighted by Gasteiger charge is 2.22. The standard InChI is InChI=1S/C22H28N2O5.ClH/c1-14(25)22(23-12-11-15-7-9-19(27-2)20(13-15)28-3)29-18-6-4-5-17-16(18)8-10-21(26)24-17;/h4-7,9,13-14,22-23,25H,8,10-12H2,1-3H3,(H,24,26);1H. The van der Waals surface area contributed by atoms with Gasteiger partial charge in [0.05, 0.1) is 14.2 Å². The van der Waals surface area contributed by atoms with Crippen molar-refractivity contribution < 1.29 is 24.1 Å². The molecule has 2 aromatic carbocycles. The molecule has 1 aliphatic rings. The van der Waals surface area contributed by atoms with Crippen LogP contribution in [0.1, 0.15) is 24.5 Å². The van der Waals surface area contributed by atoms with Crippen molar-refractivity contribution in [2.24, 2.45) is 0 Å². The predicted octanol–water partition coefficient (Wildman–Crippen LogP) is 2.93. The van der Waals surface area contributed by atoms with Crippen LogP contribution in [0.2, 0.25) is 0 Å². The van der Waals surface area contributed by atoms with Crippen LogP contribution in [0.25, 0.3) is 0 Å². The zero-order chi connectivity index (χ0) is 20.8. The maximum atomic E-state index is 11.6. The second-order valence-electron chi connectivity index (χ2n) is 7.00. The second kappa shape index (κ2) is 11.1. The lowest BCUT2D eigenvalue weighted by atomic mass is 10.0. The van der Waals surface area contributed by atoms with Crippen LogP contribution >= 0.6 is 12.4 Å². The molecule has 1 aliphatic heterocycles. The number of carbonyl (C=O) groups is 1. The Balaban J connectivity index is 0.00000320. The molecule has 2 aromatic rings. The first-order valence-corrected chi connectivity index (χ1v) is 9.72. The summed E-state index contributed by atoms with van der Waals surface area (Å²) in [6, 6.07) is 11.4. The highest BCUT2D eigenvalue weighted by atomic mass is 35.5. The van der Waals surface area contributed by atoms with Crippen LogP contribution in [-0.4, -0.2) is 44.1 Å². The van der Waals surface area contributed by atoms with E-state index in [2.05, 4.69) is 10.6 Å². The fourth-order valence-corrected chi connectivity index (χ4v) is 3.34. The molecule has 0 aromatic heterocycles. The van der Waals surface area contributed by atoms with Crippen molar-refractivity contribution in [3.05, 3.63) is 47.5 Å². The number of hydrogen-bond acceptors (Lipinski definition) is 6. The molecule has 0 bridgehead atoms. The molecular weight excluding hydrogens is 408 g/mol. The molecule has 2 unspecified atom stereocenters. The van der Waals surface area contributed by atoms with Gasteiger partial charge in [0.2, 0.25) is 5.91 Å². The van der Waals surface area contributed by atoms with Crippen molar-refractivity contribution in [3.63, 3.8) is 0 Å². The number of nitrogens with one attached hydrogen (secondary N) is 2. The number of anilines is 1. The van der Waals surface area contributed by atoms with Gasteiger partial charge in [-0.25, -0.2) is 0 Å². The first kappa shape index (κ1) is 23.8. The Labute approximate surface area is 183 Å². The third-order valence-corrected chi connectivity index (χ3v) is 4.91. The number of aliphatic hydroxyl groups is 1. The third kappa shape index (κ3) is 5.78. The maximum Gasteiger partial charge on any atom is 0.224 e. The van der Waals surface area contributed by atoms with Gasteiger partial charge in [-0.15, -0.1) is 12.4 Å². The fraction of sp³-hybridized carbons (Fsp3) is 0.409. The number of ether oxygens (including phenoxy) is 3. The van der Waals surface area contributed by atoms with Crippen LogP contribution in [0.3, 0.4) is 0 Å². The minimum Gasteiger partial charge on any atom is -0.493 e. The van der Waals surface area contributed by atoms with Crippen LogP contribution in [0.4, 0.5) is 5.69 Å². The SMILES string of the molecule is COc1ccc(CCNC(Oc2cccc3c2CCC(=O)N3)C(C)O)cc1OC.Cl. The molecule has 164 valence electrons. The molecule has 2 atom stereocenters. The van der Waals surface area contributed by atoms with E-state index < -0.39 is 12.3 Å². The van der Waals surface area contributed by atoms with E-state index in [1.165, 1.54) is 0 Å². The van der Waals surface area contributed by atoms with Gasteiger partial charge in [-0.3, -0.25) is 10.1 Å². The van der Waals surface area contributed by atoms with Crippen LogP contribution in [0, 0.1) is 0 Å². The van der Waals surface area contributed by atoms with Gasteiger partial charge < -0.3 is 24.6 Å². The lowest BCUT2D eigenvalue weighted by molar-refractivity contribution is -0.116. The van der Waals surface area contributed by atoms with E-state index in [1.807, 2.05) is 36.4 Å². The summed E-state index contributed by atoms with van der Waals surface area (Å²) in [7, 11) is 3.22. The molecule has 0 aliphatic carbocycles. The van der Waals surface area contributed by atoms with Crippen LogP contribution < -0.4 is 24.8 Å². The van der Waals surface area contributed by atoms with E-state index in [-0.39, 0.29) is 18.3 Å². The summed E-state index contributed by atoms with van der Waals surface area (Å²) in [6.07, 6.45) is 0.499. The number of hydrogen-bond donors (Lipinski definition) is 3. The van der Waals surface area contributed by atoms with Crippen molar-refractivity contribution in [1.82, 2.24) is 5.32 Å². The Morgan fingerprint density at radius 1 is 1.10 bits per heavy atom. The molecule has 3 rings (SSSR count). The zero-order valence-corrected chi connectivity index (χ0v) is 18.3. The van der Waals surface area contributed by atoms with Gasteiger partial charge in [0.15, 0.2) is 17.7 Å². The van der Waals surface area contributed by atoms with Gasteiger partial charge in [0.1, 0.15) is 11.9 Å². The van der Waals surface area contributed by atoms with Gasteiger partial charge in [-0.05, 0) is 49.6 Å². The summed E-state index contributed by atoms with van der Waals surface area (Å²) in [4.78, 5) is 11.6. The molecule has 0 spiro atoms. The highest BCUT2D eigenvalue weighted by molar-refractivity contribution is 5.94. The molecular formula is C22H29ClN2O5. The number of aliphatic hydroxyl groups excluding tert-OH is 1. The number of fused-ring (bicyclic) bond motifs is 1. The van der Waals surface area contributed by atoms with Crippen LogP contribution in [0.5, 0.6) is 17.2 Å². The number of amides is 1. The number of methoxy groups -OCH3 is 2. The van der Waals surface area contributed by atoms with E-state index >= 15 is 0 Å². The van der Waals surface area contributed by atoms with Crippen molar-refractivity contribution in [1.29, 1.82) is 0 Å². The lowest BCUT2D eigenvalue weighted by Crippen LogP contribution is -2.44. The number of halogens is 1. The van der Waals surface area contributed by atoms with E-state index in [1.54, 1.807) is 21.1 Å². The Morgan fingerprint density at radius 3 is 2.57 bits per heavy atom. The zero-order valence-electron chi connectivity index (χ0n) is 17.4. The largest absolute Gasteiger partial charge is 0.493 e. The van der Waals surface area contributed by atoms with E-state index in [4.69, 9.17) is 14.2 Å². The van der Waals surface area contributed by atoms with Crippen molar-refractivity contribution in [2.45, 2.75) is 38.5 Å². The van der Waals surface area contributed by atoms with E-state index in [0.717, 1.165) is 23.2 Å². The Kier molecular flexibility index (Phi) is 8.77. The summed E-state index contributed by atoms with van der Waals surface area (Å²) >= 11 is 0. The number of carbonyl (C=O) groups excluding carboxylic acids is 1. The summed E-state index contributed by atoms with van der Waals surface area (Å²) in [5.74, 6) is 2.06. The first-order valence-electron chi connectivity index (χ1n) is 9.72. The summed E-state index contributed by atoms with van der Waals surface area (Å²) in [5, 5.41) is 16.3. The molecule has 0 radical (unpaired) electrons. The number of rotatable bonds is 9. The van der Waals surface area contributed by atoms with Gasteiger partial charge in [0.25, 0.3) is 0 Å². The molecule has 0 saturated heterocycles. The van der Waals surface area contributed by atoms with E-state index in [9.17, 15) is 9.90 Å². The van der Waals surface area contributed by atoms with Crippen molar-refractivity contribution in [3.8, 4) is 17.2 Å². The Morgan fingerprint density at radius 2 is 1.87 bits per heavy atom. The molecule has 0 fully saturated rings. The van der Waals surface area contributed by atoms with Crippen LogP contribution in [-0.2, 0) is 17.6 Å². The average Bonchev–Trinajstić information content (AvgIpc) is 2.72. The van der Waals surface area contributed by atoms with Gasteiger partial charge in [0, 0.05) is 24.2 Å². The fourth-order valence-electron chi connectivity index (χ4n) is 3.34. The number of benzene rings is 2. The molecule has 7 nitrogen and oxygen atoms in total. The third-order valence-electron chi connectivity index (χ3n) is 4.91. The quantitative estimate of drug-likeness (QED) is 0.524. The summed E-state index contributed by atoms with van der Waals surface area (Å²) < 4.78 is 16.7. The Bertz CT molecular complexity index is 859. The van der Waals surface area contributed by atoms with Gasteiger partial charge >= 0.3 is 0 Å². The first-order chi connectivity index (χ1) is 14.0. The molecule has 0 saturated carbocycles. The highest BCUT2D eigenvalue weighted by Crippen LogP contribution is 2.32. The Hall–Kier alpha value is -2.48. The average molecular weight is 437 g/mol. The smallest absolute Gasteiger partial charge is 0.224 e. The molecule has 1 amide bonds. The normalized spacial score (nSPS) is 14.6. The topological polar surface area (TPSA) is 89.1 Å². The second-order valence-corrected chi connectivity index (χ2v) is 7.00. The predicted molar refractivity (Wildman–Crippen MR) is 118 cm³/mol. The minimum atomic E-state index is -0.713. The minimum absolute atomic E-state index is 0. The van der Waals surface area contributed by atoms with Crippen molar-refractivity contribution in [2.75, 3.05) is 26.1 Å². The lowest BCUT2D eigenvalue weighted by Gasteiger charge is -2.26. The summed E-state index contributed by atoms with van der Waals surface area (Å²) in [6.45, 7) is 2.29. The molecule has 1 heterocycles. The van der Waals surface area contributed by atoms with Gasteiger partial charge in [-0.2, -0.15) is 0 Å². The summed E-state index contributed by atoms with van der Waals surface area (Å²) in [5.41, 5.74) is 2.81. The van der Waals surface area contributed by atoms with Gasteiger partial charge in [-0.1, -0.05) is 12.1 Å².